The number of aromatic nitrogens is 1. The first-order valence-electron chi connectivity index (χ1n) is 9.48. The van der Waals surface area contributed by atoms with E-state index in [0.717, 1.165) is 23.0 Å². The lowest BCUT2D eigenvalue weighted by atomic mass is 10.2. The van der Waals surface area contributed by atoms with Gasteiger partial charge in [0.05, 0.1) is 32.8 Å². The quantitative estimate of drug-likeness (QED) is 0.192. The molecular weight excluding hydrogens is 474 g/mol. The number of hydrogen-bond acceptors (Lipinski definition) is 4. The molecular formula is C23H19Cl2FN2OS2. The number of anilines is 1. The number of thioether (sulfide) groups is 1. The van der Waals surface area contributed by atoms with E-state index in [1.54, 1.807) is 36.2 Å². The molecule has 0 radical (unpaired) electrons. The highest BCUT2D eigenvalue weighted by Gasteiger charge is 2.12. The summed E-state index contributed by atoms with van der Waals surface area (Å²) in [5.74, 6) is 0.154. The molecule has 0 aliphatic heterocycles. The molecule has 0 aliphatic carbocycles. The molecule has 2 N–H and O–H groups in total. The predicted molar refractivity (Wildman–Crippen MR) is 132 cm³/mol. The van der Waals surface area contributed by atoms with E-state index < -0.39 is 0 Å². The van der Waals surface area contributed by atoms with Gasteiger partial charge in [-0.05, 0) is 60.2 Å². The number of ether oxygens (including phenoxy) is 1. The fourth-order valence-electron chi connectivity index (χ4n) is 3.10. The second-order valence-corrected chi connectivity index (χ2v) is 9.27. The fourth-order valence-corrected chi connectivity index (χ4v) is 4.75. The zero-order valence-electron chi connectivity index (χ0n) is 16.5. The number of nitrogens with one attached hydrogen (secondary N) is 2. The van der Waals surface area contributed by atoms with Gasteiger partial charge in [-0.15, -0.1) is 11.8 Å². The van der Waals surface area contributed by atoms with Crippen LogP contribution in [0.15, 0.2) is 70.6 Å². The van der Waals surface area contributed by atoms with Crippen LogP contribution in [-0.4, -0.2) is 17.8 Å². The maximum Gasteiger partial charge on any atom is 0.142 e. The monoisotopic (exact) mass is 492 g/mol. The van der Waals surface area contributed by atoms with Crippen molar-refractivity contribution in [3.63, 3.8) is 0 Å². The summed E-state index contributed by atoms with van der Waals surface area (Å²) in [5, 5.41) is 1.84. The lowest BCUT2D eigenvalue weighted by Gasteiger charge is -2.11. The number of hydrogen-bond donors (Lipinski definition) is 2. The van der Waals surface area contributed by atoms with E-state index in [4.69, 9.17) is 27.9 Å². The van der Waals surface area contributed by atoms with Gasteiger partial charge in [-0.2, -0.15) is 0 Å². The number of rotatable bonds is 8. The van der Waals surface area contributed by atoms with E-state index in [0.29, 0.717) is 27.3 Å². The van der Waals surface area contributed by atoms with Crippen molar-refractivity contribution in [1.82, 2.24) is 4.98 Å². The summed E-state index contributed by atoms with van der Waals surface area (Å²) < 4.78 is 23.5. The Morgan fingerprint density at radius 3 is 2.58 bits per heavy atom. The predicted octanol–water partition coefficient (Wildman–Crippen LogP) is 8.08. The molecule has 31 heavy (non-hydrogen) atoms. The topological polar surface area (TPSA) is 37.0 Å². The standard InChI is InChI=1S/C23H19Cl2FN2OS2/c1-30-16-5-2-14(3-6-16)10-11-29-15-4-9-21(19(26)12-15)31-28-20-8-7-17(24)22-18(25)13-27-23(20)22/h2-9,12-13,27-28H,10-11H2,1H3. The molecule has 0 saturated heterocycles. The van der Waals surface area contributed by atoms with Crippen LogP contribution in [-0.2, 0) is 6.42 Å². The first kappa shape index (κ1) is 22.2. The van der Waals surface area contributed by atoms with Crippen LogP contribution in [0.1, 0.15) is 5.56 Å². The first-order chi connectivity index (χ1) is 15.0. The number of benzene rings is 3. The van der Waals surface area contributed by atoms with Crippen molar-refractivity contribution in [1.29, 1.82) is 0 Å². The van der Waals surface area contributed by atoms with Crippen molar-refractivity contribution in [3.05, 3.63) is 82.2 Å². The van der Waals surface area contributed by atoms with Gasteiger partial charge < -0.3 is 14.4 Å². The van der Waals surface area contributed by atoms with Crippen molar-refractivity contribution in [2.45, 2.75) is 16.2 Å². The smallest absolute Gasteiger partial charge is 0.142 e. The molecule has 160 valence electrons. The second kappa shape index (κ2) is 10.1. The molecule has 0 aliphatic rings. The van der Waals surface area contributed by atoms with Gasteiger partial charge in [-0.25, -0.2) is 4.39 Å². The van der Waals surface area contributed by atoms with Crippen LogP contribution in [0.4, 0.5) is 10.1 Å². The average Bonchev–Trinajstić information content (AvgIpc) is 3.17. The molecule has 4 rings (SSSR count). The lowest BCUT2D eigenvalue weighted by Crippen LogP contribution is -2.02. The summed E-state index contributed by atoms with van der Waals surface area (Å²) in [6.45, 7) is 0.485. The van der Waals surface area contributed by atoms with E-state index >= 15 is 0 Å². The molecule has 0 fully saturated rings. The molecule has 4 aromatic rings. The number of halogens is 3. The van der Waals surface area contributed by atoms with Crippen molar-refractivity contribution in [2.24, 2.45) is 0 Å². The van der Waals surface area contributed by atoms with Gasteiger partial charge in [-0.3, -0.25) is 0 Å². The van der Waals surface area contributed by atoms with Crippen molar-refractivity contribution in [2.75, 3.05) is 17.6 Å². The first-order valence-corrected chi connectivity index (χ1v) is 12.3. The Kier molecular flexibility index (Phi) is 7.23. The summed E-state index contributed by atoms with van der Waals surface area (Å²) in [6.07, 6.45) is 4.49. The molecule has 0 amide bonds. The molecule has 1 aromatic heterocycles. The summed E-state index contributed by atoms with van der Waals surface area (Å²) in [6, 6.07) is 16.8. The molecule has 3 aromatic carbocycles. The van der Waals surface area contributed by atoms with Crippen molar-refractivity contribution in [3.8, 4) is 5.75 Å². The van der Waals surface area contributed by atoms with Gasteiger partial charge in [0.2, 0.25) is 0 Å². The Hall–Kier alpha value is -1.99. The summed E-state index contributed by atoms with van der Waals surface area (Å²) in [7, 11) is 0. The van der Waals surface area contributed by atoms with Crippen LogP contribution in [0.5, 0.6) is 5.75 Å². The average molecular weight is 493 g/mol. The maximum absolute atomic E-state index is 14.6. The third-order valence-corrected chi connectivity index (χ3v) is 6.96. The Bertz CT molecular complexity index is 1200. The Morgan fingerprint density at radius 1 is 1.03 bits per heavy atom. The van der Waals surface area contributed by atoms with Gasteiger partial charge in [0.15, 0.2) is 0 Å². The van der Waals surface area contributed by atoms with Crippen LogP contribution in [0.3, 0.4) is 0 Å². The van der Waals surface area contributed by atoms with Gasteiger partial charge in [-0.1, -0.05) is 35.3 Å². The van der Waals surface area contributed by atoms with Crippen molar-refractivity contribution >= 4 is 63.5 Å². The van der Waals surface area contributed by atoms with Crippen molar-refractivity contribution < 1.29 is 9.13 Å². The molecule has 8 heteroatoms. The van der Waals surface area contributed by atoms with Gasteiger partial charge in [0.25, 0.3) is 0 Å². The number of fused-ring (bicyclic) bond motifs is 1. The minimum atomic E-state index is -0.353. The van der Waals surface area contributed by atoms with Gasteiger partial charge >= 0.3 is 0 Å². The zero-order chi connectivity index (χ0) is 21.8. The molecule has 0 saturated carbocycles. The van der Waals surface area contributed by atoms with E-state index in [2.05, 4.69) is 40.2 Å². The summed E-state index contributed by atoms with van der Waals surface area (Å²) in [4.78, 5) is 4.78. The van der Waals surface area contributed by atoms with Gasteiger partial charge in [0.1, 0.15) is 11.6 Å². The summed E-state index contributed by atoms with van der Waals surface area (Å²) in [5.41, 5.74) is 2.73. The molecule has 3 nitrogen and oxygen atoms in total. The van der Waals surface area contributed by atoms with E-state index in [1.807, 2.05) is 6.07 Å². The molecule has 0 spiro atoms. The van der Waals surface area contributed by atoms with Crippen LogP contribution >= 0.6 is 46.9 Å². The Labute approximate surface area is 198 Å². The highest BCUT2D eigenvalue weighted by molar-refractivity contribution is 8.00. The Balaban J connectivity index is 1.36. The van der Waals surface area contributed by atoms with Crippen LogP contribution in [0, 0.1) is 5.82 Å². The van der Waals surface area contributed by atoms with Crippen LogP contribution in [0.2, 0.25) is 10.0 Å². The lowest BCUT2D eigenvalue weighted by molar-refractivity contribution is 0.319. The van der Waals surface area contributed by atoms with Gasteiger partial charge in [0, 0.05) is 29.0 Å². The van der Waals surface area contributed by atoms with Crippen LogP contribution in [0.25, 0.3) is 10.9 Å². The normalized spacial score (nSPS) is 11.1. The summed E-state index contributed by atoms with van der Waals surface area (Å²) >= 11 is 15.3. The minimum absolute atomic E-state index is 0.353. The highest BCUT2D eigenvalue weighted by Crippen LogP contribution is 2.36. The maximum atomic E-state index is 14.6. The van der Waals surface area contributed by atoms with E-state index in [9.17, 15) is 4.39 Å². The third-order valence-electron chi connectivity index (χ3n) is 4.73. The molecule has 1 heterocycles. The SMILES string of the molecule is CSc1ccc(CCOc2ccc(SNc3ccc(Cl)c4c(Cl)c[nH]c34)c(F)c2)cc1. The third kappa shape index (κ3) is 5.26. The van der Waals surface area contributed by atoms with E-state index in [1.165, 1.54) is 28.5 Å². The largest absolute Gasteiger partial charge is 0.493 e. The fraction of sp³-hybridized carbons (Fsp3) is 0.130. The highest BCUT2D eigenvalue weighted by atomic mass is 35.5. The van der Waals surface area contributed by atoms with E-state index in [-0.39, 0.29) is 5.82 Å². The molecule has 0 unspecified atom stereocenters. The Morgan fingerprint density at radius 2 is 1.84 bits per heavy atom. The molecule has 0 bridgehead atoms. The molecule has 0 atom stereocenters. The second-order valence-electron chi connectivity index (χ2n) is 6.72. The van der Waals surface area contributed by atoms with Crippen LogP contribution < -0.4 is 9.46 Å². The number of aromatic amines is 1. The minimum Gasteiger partial charge on any atom is -0.493 e. The number of H-pyrrole nitrogens is 1. The zero-order valence-corrected chi connectivity index (χ0v) is 19.7.